The fourth-order valence-corrected chi connectivity index (χ4v) is 3.79. The molecule has 0 bridgehead atoms. The summed E-state index contributed by atoms with van der Waals surface area (Å²) in [6.07, 6.45) is 6.38. The molecule has 0 radical (unpaired) electrons. The first-order valence-corrected chi connectivity index (χ1v) is 7.94. The first-order chi connectivity index (χ1) is 9.54. The maximum Gasteiger partial charge on any atom is 0.0726 e. The van der Waals surface area contributed by atoms with Gasteiger partial charge in [-0.05, 0) is 51.3 Å². The maximum atomic E-state index is 10.8. The van der Waals surface area contributed by atoms with Crippen molar-refractivity contribution < 1.29 is 5.11 Å². The summed E-state index contributed by atoms with van der Waals surface area (Å²) in [6.45, 7) is 2.32. The molecule has 1 aliphatic carbocycles. The molecule has 3 atom stereocenters. The third kappa shape index (κ3) is 3.42. The van der Waals surface area contributed by atoms with E-state index in [2.05, 4.69) is 50.2 Å². The van der Waals surface area contributed by atoms with E-state index in [0.717, 1.165) is 31.6 Å². The van der Waals surface area contributed by atoms with Gasteiger partial charge in [-0.2, -0.15) is 0 Å². The van der Waals surface area contributed by atoms with Crippen LogP contribution in [0.25, 0.3) is 0 Å². The third-order valence-electron chi connectivity index (χ3n) is 5.07. The number of likely N-dealkylation sites (N-methyl/N-ethyl adjacent to an activating group) is 1. The molecule has 1 aliphatic rings. The topological polar surface area (TPSA) is 23.5 Å². The Bertz CT molecular complexity index is 403. The van der Waals surface area contributed by atoms with Crippen molar-refractivity contribution in [3.8, 4) is 0 Å². The summed E-state index contributed by atoms with van der Waals surface area (Å²) in [4.78, 5) is 2.28. The Hall–Kier alpha value is -0.860. The molecule has 1 N–H and O–H groups in total. The van der Waals surface area contributed by atoms with Crippen molar-refractivity contribution in [1.82, 2.24) is 4.90 Å². The monoisotopic (exact) mass is 275 g/mol. The van der Waals surface area contributed by atoms with E-state index in [1.807, 2.05) is 6.07 Å². The van der Waals surface area contributed by atoms with Crippen LogP contribution >= 0.6 is 0 Å². The minimum atomic E-state index is -0.236. The first kappa shape index (κ1) is 15.5. The van der Waals surface area contributed by atoms with Gasteiger partial charge in [-0.1, -0.05) is 50.1 Å². The van der Waals surface area contributed by atoms with Gasteiger partial charge in [0.05, 0.1) is 6.10 Å². The molecule has 2 nitrogen and oxygen atoms in total. The number of hydrogen-bond acceptors (Lipinski definition) is 2. The Balaban J connectivity index is 2.02. The molecular weight excluding hydrogens is 246 g/mol. The van der Waals surface area contributed by atoms with Gasteiger partial charge in [0.2, 0.25) is 0 Å². The molecule has 2 rings (SSSR count). The summed E-state index contributed by atoms with van der Waals surface area (Å²) >= 11 is 0. The zero-order valence-corrected chi connectivity index (χ0v) is 13.2. The second kappa shape index (κ2) is 6.73. The van der Waals surface area contributed by atoms with E-state index < -0.39 is 0 Å². The van der Waals surface area contributed by atoms with Crippen LogP contribution in [-0.4, -0.2) is 35.7 Å². The molecule has 3 unspecified atom stereocenters. The van der Waals surface area contributed by atoms with Gasteiger partial charge in [-0.15, -0.1) is 0 Å². The molecule has 0 aliphatic heterocycles. The summed E-state index contributed by atoms with van der Waals surface area (Å²) in [5.74, 6) is 0.720. The lowest BCUT2D eigenvalue weighted by Crippen LogP contribution is -2.56. The van der Waals surface area contributed by atoms with Crippen molar-refractivity contribution in [3.63, 3.8) is 0 Å². The van der Waals surface area contributed by atoms with Crippen LogP contribution in [0, 0.1) is 5.92 Å². The maximum absolute atomic E-state index is 10.8. The Kier molecular flexibility index (Phi) is 5.22. The summed E-state index contributed by atoms with van der Waals surface area (Å²) in [5.41, 5.74) is 1.30. The van der Waals surface area contributed by atoms with Gasteiger partial charge in [0, 0.05) is 5.54 Å². The zero-order chi connectivity index (χ0) is 14.6. The SMILES string of the molecule is CC1CCCC(C(O)CCc2ccccc2)(N(C)C)C1. The van der Waals surface area contributed by atoms with Crippen molar-refractivity contribution in [2.75, 3.05) is 14.1 Å². The third-order valence-corrected chi connectivity index (χ3v) is 5.07. The molecule has 2 heteroatoms. The van der Waals surface area contributed by atoms with Gasteiger partial charge in [0.25, 0.3) is 0 Å². The summed E-state index contributed by atoms with van der Waals surface area (Å²) in [7, 11) is 4.26. The standard InChI is InChI=1S/C18H29NO/c1-15-8-7-13-18(14-15,19(2)3)17(20)12-11-16-9-5-4-6-10-16/h4-6,9-10,15,17,20H,7-8,11-14H2,1-3H3. The first-order valence-electron chi connectivity index (χ1n) is 7.94. The van der Waals surface area contributed by atoms with Gasteiger partial charge in [0.1, 0.15) is 0 Å². The van der Waals surface area contributed by atoms with Crippen LogP contribution in [0.5, 0.6) is 0 Å². The molecule has 1 aromatic carbocycles. The molecule has 0 aromatic heterocycles. The second-order valence-corrected chi connectivity index (χ2v) is 6.74. The average Bonchev–Trinajstić information content (AvgIpc) is 2.45. The van der Waals surface area contributed by atoms with Gasteiger partial charge in [0.15, 0.2) is 0 Å². The number of benzene rings is 1. The van der Waals surface area contributed by atoms with Gasteiger partial charge in [-0.25, -0.2) is 0 Å². The van der Waals surface area contributed by atoms with Crippen molar-refractivity contribution in [3.05, 3.63) is 35.9 Å². The van der Waals surface area contributed by atoms with Crippen molar-refractivity contribution in [2.24, 2.45) is 5.92 Å². The fourth-order valence-electron chi connectivity index (χ4n) is 3.79. The largest absolute Gasteiger partial charge is 0.391 e. The highest BCUT2D eigenvalue weighted by Crippen LogP contribution is 2.39. The molecular formula is C18H29NO. The molecule has 1 fully saturated rings. The number of aliphatic hydroxyl groups is 1. The van der Waals surface area contributed by atoms with Gasteiger partial charge >= 0.3 is 0 Å². The minimum absolute atomic E-state index is 0.0214. The Labute approximate surface area is 123 Å². The number of rotatable bonds is 5. The van der Waals surface area contributed by atoms with Crippen molar-refractivity contribution in [1.29, 1.82) is 0 Å². The van der Waals surface area contributed by atoms with E-state index in [0.29, 0.717) is 0 Å². The Morgan fingerprint density at radius 2 is 2.00 bits per heavy atom. The number of aliphatic hydroxyl groups excluding tert-OH is 1. The lowest BCUT2D eigenvalue weighted by molar-refractivity contribution is -0.0464. The molecule has 0 amide bonds. The highest BCUT2D eigenvalue weighted by molar-refractivity contribution is 5.15. The van der Waals surface area contributed by atoms with E-state index in [1.165, 1.54) is 18.4 Å². The van der Waals surface area contributed by atoms with E-state index in [1.54, 1.807) is 0 Å². The molecule has 0 spiro atoms. The number of hydrogen-bond donors (Lipinski definition) is 1. The second-order valence-electron chi connectivity index (χ2n) is 6.74. The van der Waals surface area contributed by atoms with Crippen molar-refractivity contribution in [2.45, 2.75) is 57.1 Å². The number of aryl methyl sites for hydroxylation is 1. The molecule has 112 valence electrons. The van der Waals surface area contributed by atoms with Crippen LogP contribution in [0.1, 0.15) is 44.6 Å². The smallest absolute Gasteiger partial charge is 0.0726 e. The number of nitrogens with zero attached hydrogens (tertiary/aromatic N) is 1. The molecule has 20 heavy (non-hydrogen) atoms. The predicted molar refractivity (Wildman–Crippen MR) is 84.8 cm³/mol. The van der Waals surface area contributed by atoms with Crippen LogP contribution in [0.4, 0.5) is 0 Å². The van der Waals surface area contributed by atoms with E-state index >= 15 is 0 Å². The Morgan fingerprint density at radius 3 is 2.60 bits per heavy atom. The quantitative estimate of drug-likeness (QED) is 0.889. The van der Waals surface area contributed by atoms with E-state index in [9.17, 15) is 5.11 Å². The van der Waals surface area contributed by atoms with Crippen LogP contribution < -0.4 is 0 Å². The summed E-state index contributed by atoms with van der Waals surface area (Å²) in [5, 5.41) is 10.8. The summed E-state index contributed by atoms with van der Waals surface area (Å²) < 4.78 is 0. The zero-order valence-electron chi connectivity index (χ0n) is 13.2. The normalized spacial score (nSPS) is 28.6. The minimum Gasteiger partial charge on any atom is -0.391 e. The highest BCUT2D eigenvalue weighted by Gasteiger charge is 2.42. The molecule has 1 saturated carbocycles. The molecule has 0 saturated heterocycles. The van der Waals surface area contributed by atoms with Crippen LogP contribution in [0.15, 0.2) is 30.3 Å². The van der Waals surface area contributed by atoms with Crippen molar-refractivity contribution >= 4 is 0 Å². The lowest BCUT2D eigenvalue weighted by Gasteiger charge is -2.48. The van der Waals surface area contributed by atoms with E-state index in [4.69, 9.17) is 0 Å². The highest BCUT2D eigenvalue weighted by atomic mass is 16.3. The lowest BCUT2D eigenvalue weighted by atomic mass is 9.71. The van der Waals surface area contributed by atoms with Gasteiger partial charge in [-0.3, -0.25) is 0 Å². The Morgan fingerprint density at radius 1 is 1.30 bits per heavy atom. The molecule has 0 heterocycles. The average molecular weight is 275 g/mol. The fraction of sp³-hybridized carbons (Fsp3) is 0.667. The van der Waals surface area contributed by atoms with Crippen LogP contribution in [0.2, 0.25) is 0 Å². The van der Waals surface area contributed by atoms with E-state index in [-0.39, 0.29) is 11.6 Å². The van der Waals surface area contributed by atoms with Crippen LogP contribution in [-0.2, 0) is 6.42 Å². The summed E-state index contributed by atoms with van der Waals surface area (Å²) in [6, 6.07) is 10.5. The predicted octanol–water partition coefficient (Wildman–Crippen LogP) is 3.49. The van der Waals surface area contributed by atoms with Gasteiger partial charge < -0.3 is 10.0 Å². The van der Waals surface area contributed by atoms with Crippen LogP contribution in [0.3, 0.4) is 0 Å². The molecule has 1 aromatic rings.